The Kier molecular flexibility index (Phi) is 11.2. The van der Waals surface area contributed by atoms with Crippen molar-refractivity contribution in [1.82, 2.24) is 0 Å². The van der Waals surface area contributed by atoms with Crippen LogP contribution in [-0.2, 0) is 12.8 Å². The van der Waals surface area contributed by atoms with E-state index in [4.69, 9.17) is 5.73 Å². The second kappa shape index (κ2) is 15.9. The van der Waals surface area contributed by atoms with E-state index in [9.17, 15) is 10.1 Å². The maximum absolute atomic E-state index is 11.6. The quantitative estimate of drug-likeness (QED) is 0.0977. The van der Waals surface area contributed by atoms with Gasteiger partial charge in [-0.1, -0.05) is 161 Å². The third-order valence-corrected chi connectivity index (χ3v) is 8.76. The fraction of sp³-hybridized carbons (Fsp3) is 0.182. The van der Waals surface area contributed by atoms with Crippen molar-refractivity contribution in [3.63, 3.8) is 0 Å². The van der Waals surface area contributed by atoms with Gasteiger partial charge in [0.05, 0.1) is 4.92 Å². The van der Waals surface area contributed by atoms with E-state index in [0.29, 0.717) is 18.3 Å². The maximum Gasteiger partial charge on any atom is 0.273 e. The Labute approximate surface area is 286 Å². The second-order valence-electron chi connectivity index (χ2n) is 12.8. The lowest BCUT2D eigenvalue weighted by molar-refractivity contribution is -0.385. The van der Waals surface area contributed by atoms with E-state index < -0.39 is 0 Å². The van der Waals surface area contributed by atoms with E-state index in [1.54, 1.807) is 6.07 Å². The highest BCUT2D eigenvalue weighted by molar-refractivity contribution is 5.70. The zero-order chi connectivity index (χ0) is 34.0. The molecule has 0 unspecified atom stereocenters. The molecule has 0 saturated heterocycles. The summed E-state index contributed by atoms with van der Waals surface area (Å²) >= 11 is 0. The summed E-state index contributed by atoms with van der Waals surface area (Å²) in [5, 5.41) is 11.6. The van der Waals surface area contributed by atoms with Crippen molar-refractivity contribution in [3.8, 4) is 22.3 Å². The average molecular weight is 635 g/mol. The number of rotatable bonds is 9. The summed E-state index contributed by atoms with van der Waals surface area (Å²) in [6.07, 6.45) is 1.45. The first-order chi connectivity index (χ1) is 23.2. The van der Waals surface area contributed by atoms with Crippen LogP contribution in [0.5, 0.6) is 0 Å². The van der Waals surface area contributed by atoms with Gasteiger partial charge < -0.3 is 5.73 Å². The minimum atomic E-state index is -0.278. The van der Waals surface area contributed by atoms with Crippen LogP contribution in [0.1, 0.15) is 74.3 Å². The van der Waals surface area contributed by atoms with Gasteiger partial charge in [0.25, 0.3) is 5.69 Å². The molecule has 0 radical (unpaired) electrons. The summed E-state index contributed by atoms with van der Waals surface area (Å²) in [7, 11) is 0. The molecule has 0 fully saturated rings. The van der Waals surface area contributed by atoms with Crippen LogP contribution in [0.2, 0.25) is 0 Å². The molecular formula is C44H46N2O2. The Morgan fingerprint density at radius 2 is 0.938 bits per heavy atom. The van der Waals surface area contributed by atoms with Crippen molar-refractivity contribution in [2.24, 2.45) is 0 Å². The first-order valence-corrected chi connectivity index (χ1v) is 16.6. The summed E-state index contributed by atoms with van der Waals surface area (Å²) in [5.74, 6) is 0.912. The summed E-state index contributed by atoms with van der Waals surface area (Å²) in [5.41, 5.74) is 18.7. The van der Waals surface area contributed by atoms with Gasteiger partial charge in [-0.15, -0.1) is 0 Å². The highest BCUT2D eigenvalue weighted by atomic mass is 16.6. The predicted molar refractivity (Wildman–Crippen MR) is 204 cm³/mol. The zero-order valence-electron chi connectivity index (χ0n) is 28.3. The molecule has 0 atom stereocenters. The van der Waals surface area contributed by atoms with E-state index in [-0.39, 0.29) is 12.0 Å². The van der Waals surface area contributed by atoms with Gasteiger partial charge in [0.2, 0.25) is 0 Å². The number of nitrogen functional groups attached to an aromatic ring is 1. The van der Waals surface area contributed by atoms with E-state index in [2.05, 4.69) is 107 Å². The SMILES string of the molecule is CC(C)c1ccccc1Cc1ccc(-c2ccccc2)cc1N.CC(C)c1ccccc1Cc1ccc(-c2ccccc2)cc1[N+](=O)[O-].[HH]. The van der Waals surface area contributed by atoms with Crippen molar-refractivity contribution >= 4 is 11.4 Å². The lowest BCUT2D eigenvalue weighted by Gasteiger charge is -2.14. The summed E-state index contributed by atoms with van der Waals surface area (Å²) in [6.45, 7) is 8.76. The number of benzene rings is 6. The number of anilines is 1. The van der Waals surface area contributed by atoms with Gasteiger partial charge >= 0.3 is 0 Å². The summed E-state index contributed by atoms with van der Waals surface area (Å²) < 4.78 is 0. The molecule has 0 aromatic heterocycles. The Hall–Kier alpha value is -5.48. The largest absolute Gasteiger partial charge is 0.398 e. The maximum atomic E-state index is 11.6. The van der Waals surface area contributed by atoms with Gasteiger partial charge in [-0.2, -0.15) is 0 Å². The van der Waals surface area contributed by atoms with E-state index >= 15 is 0 Å². The van der Waals surface area contributed by atoms with Crippen LogP contribution in [0.25, 0.3) is 22.3 Å². The van der Waals surface area contributed by atoms with E-state index in [1.165, 1.54) is 33.4 Å². The number of nitrogens with zero attached hydrogens (tertiary/aromatic N) is 1. The van der Waals surface area contributed by atoms with Crippen LogP contribution in [0.15, 0.2) is 146 Å². The molecule has 0 aliphatic rings. The van der Waals surface area contributed by atoms with Gasteiger partial charge in [0.15, 0.2) is 0 Å². The van der Waals surface area contributed by atoms with Crippen LogP contribution in [-0.4, -0.2) is 4.92 Å². The lowest BCUT2D eigenvalue weighted by Crippen LogP contribution is -2.01. The van der Waals surface area contributed by atoms with Crippen molar-refractivity contribution in [3.05, 3.63) is 189 Å². The minimum Gasteiger partial charge on any atom is -0.398 e. The summed E-state index contributed by atoms with van der Waals surface area (Å²) in [6, 6.07) is 48.9. The van der Waals surface area contributed by atoms with E-state index in [1.807, 2.05) is 60.7 Å². The Morgan fingerprint density at radius 1 is 0.521 bits per heavy atom. The highest BCUT2D eigenvalue weighted by Crippen LogP contribution is 2.31. The Morgan fingerprint density at radius 3 is 1.40 bits per heavy atom. The molecule has 0 aliphatic carbocycles. The molecule has 244 valence electrons. The fourth-order valence-corrected chi connectivity index (χ4v) is 6.19. The highest BCUT2D eigenvalue weighted by Gasteiger charge is 2.17. The molecule has 0 aliphatic heterocycles. The van der Waals surface area contributed by atoms with Crippen molar-refractivity contribution in [2.45, 2.75) is 52.4 Å². The molecular weight excluding hydrogens is 588 g/mol. The van der Waals surface area contributed by atoms with Gasteiger partial charge in [0, 0.05) is 25.2 Å². The molecule has 6 aromatic rings. The lowest BCUT2D eigenvalue weighted by atomic mass is 9.92. The van der Waals surface area contributed by atoms with Crippen LogP contribution >= 0.6 is 0 Å². The number of nitro groups is 1. The third kappa shape index (κ3) is 8.45. The molecule has 0 spiro atoms. The topological polar surface area (TPSA) is 69.2 Å². The average Bonchev–Trinajstić information content (AvgIpc) is 3.10. The monoisotopic (exact) mass is 634 g/mol. The van der Waals surface area contributed by atoms with Crippen LogP contribution in [0.4, 0.5) is 11.4 Å². The third-order valence-electron chi connectivity index (χ3n) is 8.76. The van der Waals surface area contributed by atoms with Crippen LogP contribution in [0, 0.1) is 10.1 Å². The predicted octanol–water partition coefficient (Wildman–Crippen LogP) is 11.9. The van der Waals surface area contributed by atoms with Crippen molar-refractivity contribution < 1.29 is 6.35 Å². The normalized spacial score (nSPS) is 10.9. The van der Waals surface area contributed by atoms with Gasteiger partial charge in [-0.05, 0) is 74.4 Å². The fourth-order valence-electron chi connectivity index (χ4n) is 6.19. The molecule has 0 amide bonds. The van der Waals surface area contributed by atoms with Crippen LogP contribution in [0.3, 0.4) is 0 Å². The van der Waals surface area contributed by atoms with Crippen LogP contribution < -0.4 is 5.73 Å². The van der Waals surface area contributed by atoms with Crippen molar-refractivity contribution in [1.29, 1.82) is 0 Å². The second-order valence-corrected chi connectivity index (χ2v) is 12.8. The van der Waals surface area contributed by atoms with E-state index in [0.717, 1.165) is 34.4 Å². The molecule has 4 nitrogen and oxygen atoms in total. The Balaban J connectivity index is 0.000000217. The standard InChI is InChI=1S/C22H21NO2.C22H23N.H2/c1-16(2)21-11-7-6-10-19(21)14-20-13-12-18(15-22(20)23(24)25)17-8-4-3-5-9-17;1-16(2)21-11-7-6-10-19(21)14-20-13-12-18(15-22(20)23)17-8-4-3-5-9-17;/h3-13,15-16H,14H2,1-2H3;3-13,15-16H,14,23H2,1-2H3;1H. The van der Waals surface area contributed by atoms with Crippen molar-refractivity contribution in [2.75, 3.05) is 5.73 Å². The first-order valence-electron chi connectivity index (χ1n) is 16.6. The number of hydrogen-bond acceptors (Lipinski definition) is 3. The number of nitrogens with two attached hydrogens (primary N) is 1. The van der Waals surface area contributed by atoms with Gasteiger partial charge in [0.1, 0.15) is 0 Å². The molecule has 6 aromatic carbocycles. The molecule has 0 saturated carbocycles. The molecule has 0 heterocycles. The molecule has 48 heavy (non-hydrogen) atoms. The number of nitro benzene ring substituents is 1. The first kappa shape index (κ1) is 33.9. The summed E-state index contributed by atoms with van der Waals surface area (Å²) in [4.78, 5) is 11.3. The van der Waals surface area contributed by atoms with Gasteiger partial charge in [-0.25, -0.2) is 0 Å². The molecule has 2 N–H and O–H groups in total. The number of hydrogen-bond donors (Lipinski definition) is 1. The molecule has 6 rings (SSSR count). The minimum absolute atomic E-state index is 0. The smallest absolute Gasteiger partial charge is 0.273 e. The Bertz CT molecular complexity index is 1970. The van der Waals surface area contributed by atoms with Gasteiger partial charge in [-0.3, -0.25) is 10.1 Å². The molecule has 4 heteroatoms. The zero-order valence-corrected chi connectivity index (χ0v) is 28.3. The molecule has 0 bridgehead atoms.